The monoisotopic (exact) mass is 258 g/mol. The molecule has 5 heteroatoms. The first kappa shape index (κ1) is 9.49. The number of nitrogens with one attached hydrogen (secondary N) is 1. The van der Waals surface area contributed by atoms with Gasteiger partial charge in [0.25, 0.3) is 0 Å². The fourth-order valence-corrected chi connectivity index (χ4v) is 3.21. The van der Waals surface area contributed by atoms with Crippen LogP contribution in [0.5, 0.6) is 0 Å². The van der Waals surface area contributed by atoms with Crippen LogP contribution in [0.3, 0.4) is 0 Å². The molecule has 2 aromatic heterocycles. The molecule has 4 nitrogen and oxygen atoms in total. The molecular weight excluding hydrogens is 247 g/mol. The van der Waals surface area contributed by atoms with Crippen molar-refractivity contribution in [3.05, 3.63) is 16.3 Å². The molecule has 0 aliphatic heterocycles. The van der Waals surface area contributed by atoms with Crippen molar-refractivity contribution in [3.8, 4) is 0 Å². The summed E-state index contributed by atoms with van der Waals surface area (Å²) in [7, 11) is 0. The quantitative estimate of drug-likeness (QED) is 0.800. The summed E-state index contributed by atoms with van der Waals surface area (Å²) in [5.41, 5.74) is 1.05. The van der Waals surface area contributed by atoms with Crippen molar-refractivity contribution in [2.24, 2.45) is 0 Å². The van der Waals surface area contributed by atoms with Crippen LogP contribution in [0.2, 0.25) is 0 Å². The third-order valence-electron chi connectivity index (χ3n) is 1.92. The first-order valence-electron chi connectivity index (χ1n) is 4.30. The Hall–Kier alpha value is -1.06. The summed E-state index contributed by atoms with van der Waals surface area (Å²) in [5.74, 6) is -0.472. The van der Waals surface area contributed by atoms with Crippen LogP contribution in [-0.4, -0.2) is 35.5 Å². The second-order valence-corrected chi connectivity index (χ2v) is 5.57. The minimum atomic E-state index is -0.920. The van der Waals surface area contributed by atoms with Gasteiger partial charge in [0, 0.05) is 0 Å². The molecule has 0 fully saturated rings. The van der Waals surface area contributed by atoms with Gasteiger partial charge in [-0.2, -0.15) is 0 Å². The molecule has 0 amide bonds. The van der Waals surface area contributed by atoms with Gasteiger partial charge in [-0.1, -0.05) is 0 Å². The van der Waals surface area contributed by atoms with E-state index in [1.165, 1.54) is 4.57 Å². The van der Waals surface area contributed by atoms with Gasteiger partial charge in [0.05, 0.1) is 0 Å². The molecule has 74 valence electrons. The number of aromatic nitrogens is 2. The minimum absolute atomic E-state index is 0.178. The van der Waals surface area contributed by atoms with E-state index in [2.05, 4.69) is 23.8 Å². The van der Waals surface area contributed by atoms with E-state index in [4.69, 9.17) is 5.11 Å². The van der Waals surface area contributed by atoms with Gasteiger partial charge in [-0.25, -0.2) is 0 Å². The van der Waals surface area contributed by atoms with E-state index >= 15 is 0 Å². The third-order valence-corrected chi connectivity index (χ3v) is 4.62. The van der Waals surface area contributed by atoms with Crippen LogP contribution < -0.4 is 0 Å². The molecule has 2 heterocycles. The third kappa shape index (κ3) is 1.49. The van der Waals surface area contributed by atoms with Gasteiger partial charge in [0.1, 0.15) is 0 Å². The average Bonchev–Trinajstić information content (AvgIpc) is 2.57. The van der Waals surface area contributed by atoms with Crippen molar-refractivity contribution in [1.82, 2.24) is 9.97 Å². The van der Waals surface area contributed by atoms with E-state index in [1.54, 1.807) is 6.07 Å². The molecule has 2 rings (SSSR count). The van der Waals surface area contributed by atoms with Gasteiger partial charge in [0.15, 0.2) is 0 Å². The number of aromatic carboxylic acids is 1. The predicted octanol–water partition coefficient (Wildman–Crippen LogP) is 1.44. The average molecular weight is 257 g/mol. The Kier molecular flexibility index (Phi) is 2.21. The standard InChI is InChI=1S/C9H10N2O2Se/c1-4(2)7-10-5-3-6(9(12)13)11-8(5)14-7/h3-4,11H,1-2H3,(H,12,13). The Labute approximate surface area is 86.7 Å². The maximum atomic E-state index is 10.6. The molecule has 14 heavy (non-hydrogen) atoms. The van der Waals surface area contributed by atoms with E-state index in [-0.39, 0.29) is 20.2 Å². The van der Waals surface area contributed by atoms with E-state index in [0.717, 1.165) is 9.91 Å². The molecule has 0 bridgehead atoms. The number of carboxylic acids is 1. The molecule has 0 saturated heterocycles. The normalized spacial score (nSPS) is 11.4. The van der Waals surface area contributed by atoms with Crippen LogP contribution in [0.15, 0.2) is 6.07 Å². The SMILES string of the molecule is CC(C)c1nc2cc(C(=O)O)[nH]c2[se]1. The molecule has 0 atom stereocenters. The van der Waals surface area contributed by atoms with E-state index < -0.39 is 5.97 Å². The Morgan fingerprint density at radius 1 is 1.64 bits per heavy atom. The second-order valence-electron chi connectivity index (χ2n) is 3.41. The number of aromatic amines is 1. The number of carbonyl (C=O) groups is 1. The Balaban J connectivity index is 2.50. The summed E-state index contributed by atoms with van der Waals surface area (Å²) >= 11 is 0.178. The summed E-state index contributed by atoms with van der Waals surface area (Å²) in [6.07, 6.45) is 0. The van der Waals surface area contributed by atoms with Crippen LogP contribution in [-0.2, 0) is 0 Å². The molecule has 0 spiro atoms. The Morgan fingerprint density at radius 2 is 2.36 bits per heavy atom. The first-order valence-corrected chi connectivity index (χ1v) is 6.02. The summed E-state index contributed by atoms with van der Waals surface area (Å²) < 4.78 is 2.16. The molecule has 0 radical (unpaired) electrons. The van der Waals surface area contributed by atoms with Gasteiger partial charge >= 0.3 is 86.3 Å². The fourth-order valence-electron chi connectivity index (χ4n) is 1.19. The second kappa shape index (κ2) is 3.26. The summed E-state index contributed by atoms with van der Waals surface area (Å²) in [4.78, 5) is 17.9. The molecule has 0 saturated carbocycles. The van der Waals surface area contributed by atoms with Crippen LogP contribution in [0.25, 0.3) is 9.91 Å². The molecule has 0 aliphatic rings. The van der Waals surface area contributed by atoms with Crippen molar-refractivity contribution >= 4 is 30.4 Å². The number of carboxylic acid groups (broad SMARTS) is 1. The molecule has 0 aromatic carbocycles. The van der Waals surface area contributed by atoms with Crippen LogP contribution >= 0.6 is 0 Å². The van der Waals surface area contributed by atoms with E-state index in [1.807, 2.05) is 0 Å². The van der Waals surface area contributed by atoms with Crippen molar-refractivity contribution in [1.29, 1.82) is 0 Å². The number of nitrogens with zero attached hydrogens (tertiary/aromatic N) is 1. The van der Waals surface area contributed by atoms with Crippen LogP contribution in [0, 0.1) is 0 Å². The van der Waals surface area contributed by atoms with Crippen molar-refractivity contribution in [2.75, 3.05) is 0 Å². The van der Waals surface area contributed by atoms with Gasteiger partial charge < -0.3 is 0 Å². The van der Waals surface area contributed by atoms with Gasteiger partial charge in [0.2, 0.25) is 0 Å². The topological polar surface area (TPSA) is 66.0 Å². The summed E-state index contributed by atoms with van der Waals surface area (Å²) in [6, 6.07) is 1.61. The number of H-pyrrole nitrogens is 1. The predicted molar refractivity (Wildman–Crippen MR) is 54.1 cm³/mol. The Morgan fingerprint density at radius 3 is 2.86 bits per heavy atom. The van der Waals surface area contributed by atoms with Gasteiger partial charge in [-0.3, -0.25) is 0 Å². The summed E-state index contributed by atoms with van der Waals surface area (Å²) in [6.45, 7) is 4.20. The zero-order valence-electron chi connectivity index (χ0n) is 7.87. The Bertz CT molecular complexity index is 452. The van der Waals surface area contributed by atoms with Crippen molar-refractivity contribution in [3.63, 3.8) is 0 Å². The fraction of sp³-hybridized carbons (Fsp3) is 0.333. The maximum absolute atomic E-state index is 10.6. The zero-order valence-corrected chi connectivity index (χ0v) is 9.58. The number of rotatable bonds is 2. The number of fused-ring (bicyclic) bond motifs is 1. The van der Waals surface area contributed by atoms with E-state index in [0.29, 0.717) is 5.92 Å². The van der Waals surface area contributed by atoms with Gasteiger partial charge in [-0.15, -0.1) is 0 Å². The number of hydrogen-bond acceptors (Lipinski definition) is 2. The van der Waals surface area contributed by atoms with E-state index in [9.17, 15) is 4.79 Å². The molecule has 2 aromatic rings. The summed E-state index contributed by atoms with van der Waals surface area (Å²) in [5, 5.41) is 8.74. The molecule has 0 aliphatic carbocycles. The van der Waals surface area contributed by atoms with Crippen LogP contribution in [0.1, 0.15) is 34.8 Å². The molecular formula is C9H10N2O2Se. The molecule has 2 N–H and O–H groups in total. The van der Waals surface area contributed by atoms with Crippen LogP contribution in [0.4, 0.5) is 0 Å². The van der Waals surface area contributed by atoms with Gasteiger partial charge in [-0.05, 0) is 0 Å². The molecule has 0 unspecified atom stereocenters. The first-order chi connectivity index (χ1) is 6.58. The van der Waals surface area contributed by atoms with Crippen molar-refractivity contribution in [2.45, 2.75) is 19.8 Å². The zero-order chi connectivity index (χ0) is 10.3. The number of hydrogen-bond donors (Lipinski definition) is 2. The van der Waals surface area contributed by atoms with Crippen molar-refractivity contribution < 1.29 is 9.90 Å².